The molecule has 0 radical (unpaired) electrons. The molecule has 1 aromatic heterocycles. The van der Waals surface area contributed by atoms with Crippen LogP contribution >= 0.6 is 0 Å². The number of hydrogen-bond donors (Lipinski definition) is 2. The standard InChI is InChI=1S/C11H18N4/c1-2-10-14-9(12)7-11(15-10)13-6-5-8-3-4-8/h7-8H,2-6H2,1H3,(H3,12,13,14,15). The van der Waals surface area contributed by atoms with E-state index < -0.39 is 0 Å². The Morgan fingerprint density at radius 3 is 2.93 bits per heavy atom. The highest BCUT2D eigenvalue weighted by atomic mass is 15.0. The van der Waals surface area contributed by atoms with Gasteiger partial charge in [-0.3, -0.25) is 0 Å². The molecule has 0 unspecified atom stereocenters. The second-order valence-corrected chi connectivity index (χ2v) is 4.11. The molecule has 15 heavy (non-hydrogen) atoms. The Hall–Kier alpha value is -1.32. The third-order valence-electron chi connectivity index (χ3n) is 2.66. The smallest absolute Gasteiger partial charge is 0.132 e. The Bertz CT molecular complexity index is 333. The summed E-state index contributed by atoms with van der Waals surface area (Å²) in [6, 6.07) is 1.80. The first-order valence-corrected chi connectivity index (χ1v) is 5.65. The lowest BCUT2D eigenvalue weighted by atomic mass is 10.3. The van der Waals surface area contributed by atoms with E-state index in [1.54, 1.807) is 6.07 Å². The molecule has 1 saturated carbocycles. The summed E-state index contributed by atoms with van der Waals surface area (Å²) >= 11 is 0. The highest BCUT2D eigenvalue weighted by molar-refractivity contribution is 5.44. The third-order valence-corrected chi connectivity index (χ3v) is 2.66. The zero-order chi connectivity index (χ0) is 10.7. The normalized spacial score (nSPS) is 15.3. The number of rotatable bonds is 5. The molecule has 82 valence electrons. The molecule has 0 amide bonds. The van der Waals surface area contributed by atoms with Gasteiger partial charge in [-0.1, -0.05) is 19.8 Å². The second kappa shape index (κ2) is 4.47. The maximum atomic E-state index is 5.69. The van der Waals surface area contributed by atoms with Gasteiger partial charge in [-0.2, -0.15) is 0 Å². The van der Waals surface area contributed by atoms with Crippen molar-refractivity contribution in [3.8, 4) is 0 Å². The molecule has 0 atom stereocenters. The van der Waals surface area contributed by atoms with E-state index in [1.165, 1.54) is 19.3 Å². The number of hydrogen-bond acceptors (Lipinski definition) is 4. The number of nitrogens with two attached hydrogens (primary N) is 1. The number of nitrogens with one attached hydrogen (secondary N) is 1. The van der Waals surface area contributed by atoms with Crippen LogP contribution in [0.3, 0.4) is 0 Å². The fourth-order valence-corrected chi connectivity index (χ4v) is 1.58. The fraction of sp³-hybridized carbons (Fsp3) is 0.636. The van der Waals surface area contributed by atoms with Crippen LogP contribution in [-0.2, 0) is 6.42 Å². The topological polar surface area (TPSA) is 63.8 Å². The summed E-state index contributed by atoms with van der Waals surface area (Å²) in [7, 11) is 0. The molecule has 1 aliphatic rings. The van der Waals surface area contributed by atoms with Gasteiger partial charge in [0.1, 0.15) is 17.5 Å². The van der Waals surface area contributed by atoms with Crippen molar-refractivity contribution in [2.24, 2.45) is 5.92 Å². The van der Waals surface area contributed by atoms with E-state index in [9.17, 15) is 0 Å². The van der Waals surface area contributed by atoms with E-state index in [4.69, 9.17) is 5.73 Å². The SMILES string of the molecule is CCc1nc(N)cc(NCCC2CC2)n1. The molecule has 4 nitrogen and oxygen atoms in total. The third kappa shape index (κ3) is 3.08. The van der Waals surface area contributed by atoms with E-state index in [1.807, 2.05) is 6.92 Å². The van der Waals surface area contributed by atoms with E-state index >= 15 is 0 Å². The maximum Gasteiger partial charge on any atom is 0.132 e. The maximum absolute atomic E-state index is 5.69. The summed E-state index contributed by atoms with van der Waals surface area (Å²) < 4.78 is 0. The lowest BCUT2D eigenvalue weighted by Crippen LogP contribution is -2.07. The van der Waals surface area contributed by atoms with Gasteiger partial charge in [0, 0.05) is 19.0 Å². The van der Waals surface area contributed by atoms with Crippen LogP contribution in [0.2, 0.25) is 0 Å². The molecule has 1 aliphatic carbocycles. The summed E-state index contributed by atoms with van der Waals surface area (Å²) in [6.07, 6.45) is 4.86. The summed E-state index contributed by atoms with van der Waals surface area (Å²) in [5.41, 5.74) is 5.69. The van der Waals surface area contributed by atoms with Crippen LogP contribution < -0.4 is 11.1 Å². The zero-order valence-corrected chi connectivity index (χ0v) is 9.16. The molecule has 4 heteroatoms. The van der Waals surface area contributed by atoms with Crippen molar-refractivity contribution in [1.29, 1.82) is 0 Å². The molecule has 3 N–H and O–H groups in total. The minimum absolute atomic E-state index is 0.552. The van der Waals surface area contributed by atoms with E-state index in [0.717, 1.165) is 30.5 Å². The quantitative estimate of drug-likeness (QED) is 0.771. The molecular formula is C11H18N4. The average Bonchev–Trinajstić information content (AvgIpc) is 3.01. The van der Waals surface area contributed by atoms with Crippen molar-refractivity contribution in [3.63, 3.8) is 0 Å². The molecule has 1 fully saturated rings. The number of aromatic nitrogens is 2. The molecule has 2 rings (SSSR count). The highest BCUT2D eigenvalue weighted by Gasteiger charge is 2.20. The van der Waals surface area contributed by atoms with Gasteiger partial charge in [-0.25, -0.2) is 9.97 Å². The van der Waals surface area contributed by atoms with Gasteiger partial charge in [0.15, 0.2) is 0 Å². The summed E-state index contributed by atoms with van der Waals surface area (Å²) in [6.45, 7) is 3.02. The van der Waals surface area contributed by atoms with Crippen LogP contribution in [-0.4, -0.2) is 16.5 Å². The van der Waals surface area contributed by atoms with E-state index in [0.29, 0.717) is 5.82 Å². The molecular weight excluding hydrogens is 188 g/mol. The van der Waals surface area contributed by atoms with Crippen LogP contribution in [0.15, 0.2) is 6.07 Å². The van der Waals surface area contributed by atoms with Crippen molar-refractivity contribution in [3.05, 3.63) is 11.9 Å². The molecule has 0 saturated heterocycles. The highest BCUT2D eigenvalue weighted by Crippen LogP contribution is 2.32. The predicted molar refractivity (Wildman–Crippen MR) is 61.7 cm³/mol. The predicted octanol–water partition coefficient (Wildman–Crippen LogP) is 1.83. The van der Waals surface area contributed by atoms with Crippen LogP contribution in [0.1, 0.15) is 32.0 Å². The second-order valence-electron chi connectivity index (χ2n) is 4.11. The first kappa shape index (κ1) is 10.2. The van der Waals surface area contributed by atoms with Crippen LogP contribution in [0.4, 0.5) is 11.6 Å². The summed E-state index contributed by atoms with van der Waals surface area (Å²) in [4.78, 5) is 8.50. The number of nitrogen functional groups attached to an aromatic ring is 1. The largest absolute Gasteiger partial charge is 0.384 e. The monoisotopic (exact) mass is 206 g/mol. The first-order valence-electron chi connectivity index (χ1n) is 5.65. The van der Waals surface area contributed by atoms with Gasteiger partial charge in [0.05, 0.1) is 0 Å². The summed E-state index contributed by atoms with van der Waals surface area (Å²) in [5, 5.41) is 3.30. The minimum Gasteiger partial charge on any atom is -0.384 e. The van der Waals surface area contributed by atoms with Gasteiger partial charge in [-0.05, 0) is 12.3 Å². The van der Waals surface area contributed by atoms with E-state index in [2.05, 4.69) is 15.3 Å². The fourth-order valence-electron chi connectivity index (χ4n) is 1.58. The molecule has 0 bridgehead atoms. The van der Waals surface area contributed by atoms with Gasteiger partial charge in [0.2, 0.25) is 0 Å². The van der Waals surface area contributed by atoms with E-state index in [-0.39, 0.29) is 0 Å². The summed E-state index contributed by atoms with van der Waals surface area (Å²) in [5.74, 6) is 3.17. The molecule has 1 heterocycles. The molecule has 0 aliphatic heterocycles. The van der Waals surface area contributed by atoms with Gasteiger partial charge in [-0.15, -0.1) is 0 Å². The van der Waals surface area contributed by atoms with Crippen molar-refractivity contribution >= 4 is 11.6 Å². The lowest BCUT2D eigenvalue weighted by Gasteiger charge is -2.06. The van der Waals surface area contributed by atoms with Crippen LogP contribution in [0.25, 0.3) is 0 Å². The van der Waals surface area contributed by atoms with Crippen molar-refractivity contribution < 1.29 is 0 Å². The molecule has 1 aromatic rings. The Morgan fingerprint density at radius 2 is 2.27 bits per heavy atom. The Balaban J connectivity index is 1.90. The van der Waals surface area contributed by atoms with Crippen molar-refractivity contribution in [2.75, 3.05) is 17.6 Å². The number of aryl methyl sites for hydroxylation is 1. The van der Waals surface area contributed by atoms with Gasteiger partial charge < -0.3 is 11.1 Å². The Kier molecular flexibility index (Phi) is 3.04. The lowest BCUT2D eigenvalue weighted by molar-refractivity contribution is 0.757. The van der Waals surface area contributed by atoms with Gasteiger partial charge >= 0.3 is 0 Å². The minimum atomic E-state index is 0.552. The number of nitrogens with zero attached hydrogens (tertiary/aromatic N) is 2. The average molecular weight is 206 g/mol. The first-order chi connectivity index (χ1) is 7.28. The number of anilines is 2. The van der Waals surface area contributed by atoms with Gasteiger partial charge in [0.25, 0.3) is 0 Å². The Morgan fingerprint density at radius 1 is 1.47 bits per heavy atom. The molecule has 0 spiro atoms. The zero-order valence-electron chi connectivity index (χ0n) is 9.16. The van der Waals surface area contributed by atoms with Crippen LogP contribution in [0.5, 0.6) is 0 Å². The Labute approximate surface area is 90.3 Å². The van der Waals surface area contributed by atoms with Crippen molar-refractivity contribution in [2.45, 2.75) is 32.6 Å². The van der Waals surface area contributed by atoms with Crippen molar-refractivity contribution in [1.82, 2.24) is 9.97 Å². The van der Waals surface area contributed by atoms with Crippen LogP contribution in [0, 0.1) is 5.92 Å². The molecule has 0 aromatic carbocycles.